The van der Waals surface area contributed by atoms with Crippen molar-refractivity contribution in [2.45, 2.75) is 26.8 Å². The van der Waals surface area contributed by atoms with Gasteiger partial charge in [-0.15, -0.1) is 0 Å². The van der Waals surface area contributed by atoms with Crippen LogP contribution in [-0.2, 0) is 0 Å². The lowest BCUT2D eigenvalue weighted by Gasteiger charge is -2.26. The van der Waals surface area contributed by atoms with Crippen LogP contribution in [0.15, 0.2) is 12.2 Å². The Bertz CT molecular complexity index is 157. The van der Waals surface area contributed by atoms with Gasteiger partial charge in [0.15, 0.2) is 0 Å². The van der Waals surface area contributed by atoms with E-state index in [4.69, 9.17) is 5.11 Å². The molecule has 0 aromatic heterocycles. The number of hydrogen-bond acceptors (Lipinski definition) is 3. The summed E-state index contributed by atoms with van der Waals surface area (Å²) in [5, 5.41) is 12.1. The highest BCUT2D eigenvalue weighted by atomic mass is 16.3. The van der Waals surface area contributed by atoms with E-state index in [9.17, 15) is 0 Å². The molecule has 0 aliphatic rings. The summed E-state index contributed by atoms with van der Waals surface area (Å²) < 4.78 is 0. The summed E-state index contributed by atoms with van der Waals surface area (Å²) in [5.74, 6) is 0. The summed E-state index contributed by atoms with van der Waals surface area (Å²) in [5.41, 5.74) is 1.18. The number of rotatable bonds is 8. The molecule has 0 fully saturated rings. The number of hydrogen-bond donors (Lipinski definition) is 2. The predicted octanol–water partition coefficient (Wildman–Crippen LogP) is 0.855. The van der Waals surface area contributed by atoms with Gasteiger partial charge in [-0.25, -0.2) is 0 Å². The van der Waals surface area contributed by atoms with E-state index in [0.717, 1.165) is 26.2 Å². The molecule has 0 radical (unpaired) electrons. The van der Waals surface area contributed by atoms with Gasteiger partial charge in [-0.2, -0.15) is 0 Å². The van der Waals surface area contributed by atoms with Crippen LogP contribution in [0.5, 0.6) is 0 Å². The van der Waals surface area contributed by atoms with Gasteiger partial charge in [0.1, 0.15) is 0 Å². The Morgan fingerprint density at radius 1 is 1.50 bits per heavy atom. The van der Waals surface area contributed by atoms with E-state index < -0.39 is 0 Å². The third kappa shape index (κ3) is 6.13. The standard InChI is InChI=1S/C11H24N2O/c1-5-12-8-11(4)9-13(6-7-14)10(2)3/h10,12,14H,4-9H2,1-3H3. The second-order valence-electron chi connectivity index (χ2n) is 3.82. The molecule has 3 nitrogen and oxygen atoms in total. The lowest BCUT2D eigenvalue weighted by molar-refractivity contribution is 0.176. The molecule has 0 saturated carbocycles. The third-order valence-corrected chi connectivity index (χ3v) is 2.17. The minimum atomic E-state index is 0.215. The van der Waals surface area contributed by atoms with Gasteiger partial charge in [0.25, 0.3) is 0 Å². The van der Waals surface area contributed by atoms with Crippen molar-refractivity contribution in [1.82, 2.24) is 10.2 Å². The molecule has 0 rings (SSSR count). The van der Waals surface area contributed by atoms with Gasteiger partial charge in [0.05, 0.1) is 6.61 Å². The van der Waals surface area contributed by atoms with Crippen molar-refractivity contribution in [2.75, 3.05) is 32.8 Å². The number of nitrogens with one attached hydrogen (secondary N) is 1. The minimum Gasteiger partial charge on any atom is -0.395 e. The van der Waals surface area contributed by atoms with Crippen molar-refractivity contribution in [3.05, 3.63) is 12.2 Å². The van der Waals surface area contributed by atoms with Crippen molar-refractivity contribution in [3.8, 4) is 0 Å². The van der Waals surface area contributed by atoms with E-state index in [-0.39, 0.29) is 6.61 Å². The topological polar surface area (TPSA) is 35.5 Å². The Labute approximate surface area is 87.8 Å². The number of likely N-dealkylation sites (N-methyl/N-ethyl adjacent to an activating group) is 1. The first-order chi connectivity index (χ1) is 6.61. The van der Waals surface area contributed by atoms with Crippen LogP contribution in [0, 0.1) is 0 Å². The maximum absolute atomic E-state index is 8.89. The first-order valence-corrected chi connectivity index (χ1v) is 5.34. The van der Waals surface area contributed by atoms with Crippen LogP contribution in [-0.4, -0.2) is 48.8 Å². The summed E-state index contributed by atoms with van der Waals surface area (Å²) in [4.78, 5) is 2.22. The zero-order valence-corrected chi connectivity index (χ0v) is 9.71. The van der Waals surface area contributed by atoms with E-state index in [1.807, 2.05) is 0 Å². The fourth-order valence-corrected chi connectivity index (χ4v) is 1.29. The quantitative estimate of drug-likeness (QED) is 0.570. The van der Waals surface area contributed by atoms with Gasteiger partial charge in [-0.05, 0) is 26.0 Å². The third-order valence-electron chi connectivity index (χ3n) is 2.17. The lowest BCUT2D eigenvalue weighted by Crippen LogP contribution is -2.36. The predicted molar refractivity (Wildman–Crippen MR) is 61.5 cm³/mol. The zero-order valence-electron chi connectivity index (χ0n) is 9.71. The van der Waals surface area contributed by atoms with Gasteiger partial charge in [-0.3, -0.25) is 4.90 Å². The summed E-state index contributed by atoms with van der Waals surface area (Å²) >= 11 is 0. The van der Waals surface area contributed by atoms with Crippen LogP contribution in [0.4, 0.5) is 0 Å². The highest BCUT2D eigenvalue weighted by Crippen LogP contribution is 2.01. The number of aliphatic hydroxyl groups excluding tert-OH is 1. The zero-order chi connectivity index (χ0) is 11.0. The molecule has 0 amide bonds. The van der Waals surface area contributed by atoms with Crippen molar-refractivity contribution in [1.29, 1.82) is 0 Å². The Morgan fingerprint density at radius 2 is 2.14 bits per heavy atom. The summed E-state index contributed by atoms with van der Waals surface area (Å²) in [7, 11) is 0. The first kappa shape index (κ1) is 13.6. The SMILES string of the molecule is C=C(CNCC)CN(CCO)C(C)C. The largest absolute Gasteiger partial charge is 0.395 e. The Morgan fingerprint density at radius 3 is 2.57 bits per heavy atom. The molecule has 0 spiro atoms. The van der Waals surface area contributed by atoms with E-state index in [1.165, 1.54) is 5.57 Å². The molecule has 0 aromatic carbocycles. The summed E-state index contributed by atoms with van der Waals surface area (Å²) in [6.45, 7) is 14.0. The second-order valence-corrected chi connectivity index (χ2v) is 3.82. The van der Waals surface area contributed by atoms with Crippen molar-refractivity contribution >= 4 is 0 Å². The Balaban J connectivity index is 3.83. The van der Waals surface area contributed by atoms with Gasteiger partial charge >= 0.3 is 0 Å². The molecule has 0 bridgehead atoms. The minimum absolute atomic E-state index is 0.215. The molecule has 14 heavy (non-hydrogen) atoms. The Kier molecular flexibility index (Phi) is 7.76. The van der Waals surface area contributed by atoms with Crippen LogP contribution < -0.4 is 5.32 Å². The average Bonchev–Trinajstić information content (AvgIpc) is 2.14. The van der Waals surface area contributed by atoms with E-state index in [0.29, 0.717) is 6.04 Å². The molecule has 3 heteroatoms. The van der Waals surface area contributed by atoms with E-state index >= 15 is 0 Å². The van der Waals surface area contributed by atoms with Crippen LogP contribution in [0.3, 0.4) is 0 Å². The van der Waals surface area contributed by atoms with Gasteiger partial charge in [-0.1, -0.05) is 13.5 Å². The van der Waals surface area contributed by atoms with Crippen LogP contribution in [0.25, 0.3) is 0 Å². The first-order valence-electron chi connectivity index (χ1n) is 5.34. The lowest BCUT2D eigenvalue weighted by atomic mass is 10.2. The number of aliphatic hydroxyl groups is 1. The summed E-state index contributed by atoms with van der Waals surface area (Å²) in [6.07, 6.45) is 0. The van der Waals surface area contributed by atoms with Crippen molar-refractivity contribution in [3.63, 3.8) is 0 Å². The molecule has 0 aliphatic heterocycles. The molecule has 0 aromatic rings. The van der Waals surface area contributed by atoms with Crippen LogP contribution >= 0.6 is 0 Å². The fraction of sp³-hybridized carbons (Fsp3) is 0.818. The van der Waals surface area contributed by atoms with Gasteiger partial charge in [0.2, 0.25) is 0 Å². The fourth-order valence-electron chi connectivity index (χ4n) is 1.29. The highest BCUT2D eigenvalue weighted by Gasteiger charge is 2.09. The maximum atomic E-state index is 8.89. The number of nitrogens with zero attached hydrogens (tertiary/aromatic N) is 1. The van der Waals surface area contributed by atoms with Gasteiger partial charge < -0.3 is 10.4 Å². The van der Waals surface area contributed by atoms with E-state index in [1.54, 1.807) is 0 Å². The van der Waals surface area contributed by atoms with Crippen LogP contribution in [0.1, 0.15) is 20.8 Å². The normalized spacial score (nSPS) is 11.3. The van der Waals surface area contributed by atoms with Crippen LogP contribution in [0.2, 0.25) is 0 Å². The Hall–Kier alpha value is -0.380. The molecule has 0 unspecified atom stereocenters. The second kappa shape index (κ2) is 7.97. The van der Waals surface area contributed by atoms with Crippen molar-refractivity contribution in [2.24, 2.45) is 0 Å². The molecular weight excluding hydrogens is 176 g/mol. The molecule has 0 aliphatic carbocycles. The van der Waals surface area contributed by atoms with Gasteiger partial charge in [0, 0.05) is 25.7 Å². The molecular formula is C11H24N2O. The molecule has 2 N–H and O–H groups in total. The smallest absolute Gasteiger partial charge is 0.0558 e. The molecule has 0 heterocycles. The molecule has 0 saturated heterocycles. The monoisotopic (exact) mass is 200 g/mol. The highest BCUT2D eigenvalue weighted by molar-refractivity contribution is 5.00. The molecule has 84 valence electrons. The summed E-state index contributed by atoms with van der Waals surface area (Å²) in [6, 6.07) is 0.459. The molecule has 0 atom stereocenters. The average molecular weight is 200 g/mol. The van der Waals surface area contributed by atoms with E-state index in [2.05, 4.69) is 37.6 Å². The van der Waals surface area contributed by atoms with Crippen molar-refractivity contribution < 1.29 is 5.11 Å². The maximum Gasteiger partial charge on any atom is 0.0558 e.